The minimum Gasteiger partial charge on any atom is -0.366 e. The molecule has 0 saturated heterocycles. The number of benzene rings is 3. The number of halogens is 3. The Bertz CT molecular complexity index is 1510. The lowest BCUT2D eigenvalue weighted by Gasteiger charge is -2.16. The first kappa shape index (κ1) is 22.2. The molecule has 10 heteroatoms. The summed E-state index contributed by atoms with van der Waals surface area (Å²) >= 11 is 0. The minimum atomic E-state index is -4.50. The zero-order valence-electron chi connectivity index (χ0n) is 18.2. The molecule has 0 aliphatic heterocycles. The number of alkyl halides is 3. The van der Waals surface area contributed by atoms with Gasteiger partial charge in [-0.25, -0.2) is 9.67 Å². The van der Waals surface area contributed by atoms with Crippen LogP contribution in [0.5, 0.6) is 0 Å². The van der Waals surface area contributed by atoms with E-state index < -0.39 is 17.6 Å². The lowest BCUT2D eigenvalue weighted by Crippen LogP contribution is -2.13. The third-order valence-electron chi connectivity index (χ3n) is 5.58. The van der Waals surface area contributed by atoms with Gasteiger partial charge in [-0.3, -0.25) is 4.79 Å². The van der Waals surface area contributed by atoms with Gasteiger partial charge in [-0.2, -0.15) is 18.3 Å². The van der Waals surface area contributed by atoms with Crippen molar-refractivity contribution in [3.05, 3.63) is 102 Å². The number of nitrogens with two attached hydrogens (primary N) is 1. The number of carbonyl (C=O) groups excluding carboxylic acids is 1. The van der Waals surface area contributed by atoms with Crippen LogP contribution in [0, 0.1) is 0 Å². The second-order valence-electron chi connectivity index (χ2n) is 7.87. The molecule has 3 N–H and O–H groups in total. The topological polar surface area (TPSA) is 90.8 Å². The van der Waals surface area contributed by atoms with Crippen molar-refractivity contribution in [1.29, 1.82) is 0 Å². The van der Waals surface area contributed by atoms with Crippen LogP contribution in [0.4, 0.5) is 24.8 Å². The van der Waals surface area contributed by atoms with E-state index >= 15 is 0 Å². The SMILES string of the molecule is NC(=O)c1ccc2c(c1)nc(Nc1ccc(-n3cccn3)cc1)n2Cc1ccccc1C(F)(F)F. The summed E-state index contributed by atoms with van der Waals surface area (Å²) in [6, 6.07) is 19.3. The Labute approximate surface area is 197 Å². The molecule has 0 fully saturated rings. The molecule has 0 spiro atoms. The Morgan fingerprint density at radius 3 is 2.46 bits per heavy atom. The van der Waals surface area contributed by atoms with Crippen molar-refractivity contribution in [1.82, 2.24) is 19.3 Å². The average Bonchev–Trinajstić information content (AvgIpc) is 3.48. The first-order chi connectivity index (χ1) is 16.8. The van der Waals surface area contributed by atoms with E-state index in [2.05, 4.69) is 15.4 Å². The van der Waals surface area contributed by atoms with E-state index in [1.54, 1.807) is 27.6 Å². The summed E-state index contributed by atoms with van der Waals surface area (Å²) in [4.78, 5) is 16.2. The maximum absolute atomic E-state index is 13.6. The molecule has 1 amide bonds. The first-order valence-electron chi connectivity index (χ1n) is 10.6. The lowest BCUT2D eigenvalue weighted by molar-refractivity contribution is -0.138. The Kier molecular flexibility index (Phi) is 5.48. The summed E-state index contributed by atoms with van der Waals surface area (Å²) in [6.45, 7) is -0.0875. The summed E-state index contributed by atoms with van der Waals surface area (Å²) in [7, 11) is 0. The van der Waals surface area contributed by atoms with Gasteiger partial charge in [0.15, 0.2) is 0 Å². The number of carbonyl (C=O) groups is 1. The molecule has 176 valence electrons. The monoisotopic (exact) mass is 476 g/mol. The molecule has 2 aromatic heterocycles. The van der Waals surface area contributed by atoms with Crippen molar-refractivity contribution in [2.24, 2.45) is 5.73 Å². The van der Waals surface area contributed by atoms with Crippen LogP contribution in [0.15, 0.2) is 85.2 Å². The molecule has 0 atom stereocenters. The van der Waals surface area contributed by atoms with Crippen LogP contribution in [0.2, 0.25) is 0 Å². The van der Waals surface area contributed by atoms with Gasteiger partial charge in [0.25, 0.3) is 0 Å². The molecular formula is C25H19F3N6O. The number of nitrogens with zero attached hydrogens (tertiary/aromatic N) is 4. The van der Waals surface area contributed by atoms with Crippen molar-refractivity contribution < 1.29 is 18.0 Å². The summed E-state index contributed by atoms with van der Waals surface area (Å²) in [5, 5.41) is 7.38. The third-order valence-corrected chi connectivity index (χ3v) is 5.58. The van der Waals surface area contributed by atoms with E-state index in [1.807, 2.05) is 36.5 Å². The largest absolute Gasteiger partial charge is 0.416 e. The van der Waals surface area contributed by atoms with Gasteiger partial charge < -0.3 is 15.6 Å². The maximum atomic E-state index is 13.6. The molecule has 5 rings (SSSR count). The highest BCUT2D eigenvalue weighted by Gasteiger charge is 2.33. The fraction of sp³-hybridized carbons (Fsp3) is 0.0800. The van der Waals surface area contributed by atoms with Gasteiger partial charge in [0.05, 0.1) is 28.8 Å². The molecule has 35 heavy (non-hydrogen) atoms. The number of rotatable bonds is 6. The van der Waals surface area contributed by atoms with E-state index in [-0.39, 0.29) is 17.7 Å². The second kappa shape index (κ2) is 8.64. The van der Waals surface area contributed by atoms with E-state index in [0.717, 1.165) is 11.8 Å². The number of primary amides is 1. The number of amides is 1. The number of anilines is 2. The van der Waals surface area contributed by atoms with Crippen LogP contribution in [-0.2, 0) is 12.7 Å². The van der Waals surface area contributed by atoms with Gasteiger partial charge in [0, 0.05) is 23.6 Å². The Morgan fingerprint density at radius 2 is 1.77 bits per heavy atom. The average molecular weight is 476 g/mol. The molecule has 0 aliphatic carbocycles. The van der Waals surface area contributed by atoms with Crippen LogP contribution in [0.1, 0.15) is 21.5 Å². The predicted molar refractivity (Wildman–Crippen MR) is 126 cm³/mol. The number of hydrogen-bond donors (Lipinski definition) is 2. The first-order valence-corrected chi connectivity index (χ1v) is 10.6. The van der Waals surface area contributed by atoms with Gasteiger partial charge in [0.1, 0.15) is 0 Å². The Balaban J connectivity index is 1.56. The Hall–Kier alpha value is -4.60. The van der Waals surface area contributed by atoms with Crippen LogP contribution < -0.4 is 11.1 Å². The van der Waals surface area contributed by atoms with E-state index in [0.29, 0.717) is 22.7 Å². The normalized spacial score (nSPS) is 11.6. The lowest BCUT2D eigenvalue weighted by atomic mass is 10.1. The predicted octanol–water partition coefficient (Wildman–Crippen LogP) is 5.13. The molecule has 5 aromatic rings. The molecular weight excluding hydrogens is 457 g/mol. The zero-order chi connectivity index (χ0) is 24.6. The second-order valence-corrected chi connectivity index (χ2v) is 7.87. The summed E-state index contributed by atoms with van der Waals surface area (Å²) in [6.07, 6.45) is -1.01. The number of aromatic nitrogens is 4. The number of imidazole rings is 1. The number of nitrogens with one attached hydrogen (secondary N) is 1. The fourth-order valence-corrected chi connectivity index (χ4v) is 3.89. The highest BCUT2D eigenvalue weighted by molar-refractivity contribution is 5.96. The highest BCUT2D eigenvalue weighted by Crippen LogP contribution is 2.34. The quantitative estimate of drug-likeness (QED) is 0.355. The molecule has 2 heterocycles. The van der Waals surface area contributed by atoms with Crippen molar-refractivity contribution >= 4 is 28.6 Å². The van der Waals surface area contributed by atoms with Crippen LogP contribution >= 0.6 is 0 Å². The molecule has 3 aromatic carbocycles. The van der Waals surface area contributed by atoms with Crippen molar-refractivity contribution in [3.8, 4) is 5.69 Å². The zero-order valence-corrected chi connectivity index (χ0v) is 18.2. The third kappa shape index (κ3) is 4.45. The van der Waals surface area contributed by atoms with Gasteiger partial charge in [-0.15, -0.1) is 0 Å². The fourth-order valence-electron chi connectivity index (χ4n) is 3.89. The molecule has 7 nitrogen and oxygen atoms in total. The van der Waals surface area contributed by atoms with Crippen molar-refractivity contribution in [3.63, 3.8) is 0 Å². The summed E-state index contributed by atoms with van der Waals surface area (Å²) in [5.41, 5.74) is 7.54. The van der Waals surface area contributed by atoms with Crippen LogP contribution in [0.3, 0.4) is 0 Å². The molecule has 0 unspecified atom stereocenters. The van der Waals surface area contributed by atoms with Gasteiger partial charge in [0.2, 0.25) is 11.9 Å². The molecule has 0 bridgehead atoms. The highest BCUT2D eigenvalue weighted by atomic mass is 19.4. The Morgan fingerprint density at radius 1 is 1.00 bits per heavy atom. The number of fused-ring (bicyclic) bond motifs is 1. The van der Waals surface area contributed by atoms with E-state index in [4.69, 9.17) is 5.73 Å². The van der Waals surface area contributed by atoms with Crippen molar-refractivity contribution in [2.45, 2.75) is 12.7 Å². The standard InChI is InChI=1S/C25H19F3N6O/c26-25(27,28)20-5-2-1-4-17(20)15-33-22-11-6-16(23(29)35)14-21(22)32-24(33)31-18-7-9-19(10-8-18)34-13-3-12-30-34/h1-14H,15H2,(H2,29,35)(H,31,32). The van der Waals surface area contributed by atoms with Crippen molar-refractivity contribution in [2.75, 3.05) is 5.32 Å². The van der Waals surface area contributed by atoms with Gasteiger partial charge in [-0.1, -0.05) is 18.2 Å². The summed E-state index contributed by atoms with van der Waals surface area (Å²) < 4.78 is 44.3. The van der Waals surface area contributed by atoms with E-state index in [9.17, 15) is 18.0 Å². The maximum Gasteiger partial charge on any atom is 0.416 e. The van der Waals surface area contributed by atoms with Gasteiger partial charge in [-0.05, 0) is 60.2 Å². The molecule has 0 aliphatic rings. The van der Waals surface area contributed by atoms with Crippen LogP contribution in [-0.4, -0.2) is 25.2 Å². The molecule has 0 saturated carbocycles. The smallest absolute Gasteiger partial charge is 0.366 e. The van der Waals surface area contributed by atoms with Crippen LogP contribution in [0.25, 0.3) is 16.7 Å². The minimum absolute atomic E-state index is 0.0875. The summed E-state index contributed by atoms with van der Waals surface area (Å²) in [5.74, 6) is -0.293. The number of hydrogen-bond acceptors (Lipinski definition) is 4. The van der Waals surface area contributed by atoms with E-state index in [1.165, 1.54) is 24.3 Å². The molecule has 0 radical (unpaired) electrons. The van der Waals surface area contributed by atoms with Gasteiger partial charge >= 0.3 is 6.18 Å².